The van der Waals surface area contributed by atoms with Gasteiger partial charge in [-0.2, -0.15) is 5.26 Å². The van der Waals surface area contributed by atoms with Gasteiger partial charge >= 0.3 is 0 Å². The number of carbonyl (C=O) groups is 2. The van der Waals surface area contributed by atoms with Crippen molar-refractivity contribution >= 4 is 11.6 Å². The van der Waals surface area contributed by atoms with E-state index in [4.69, 9.17) is 4.42 Å². The van der Waals surface area contributed by atoms with Crippen LogP contribution in [-0.4, -0.2) is 16.6 Å². The highest BCUT2D eigenvalue weighted by Crippen LogP contribution is 2.70. The van der Waals surface area contributed by atoms with Crippen LogP contribution in [0, 0.1) is 56.7 Å². The first-order valence-corrected chi connectivity index (χ1v) is 13.8. The predicted octanol–water partition coefficient (Wildman–Crippen LogP) is 6.58. The predicted molar refractivity (Wildman–Crippen MR) is 135 cm³/mol. The maximum Gasteiger partial charge on any atom is 0.197 e. The van der Waals surface area contributed by atoms with E-state index in [1.807, 2.05) is 26.0 Å². The summed E-state index contributed by atoms with van der Waals surface area (Å²) in [7, 11) is 0. The third-order valence-electron chi connectivity index (χ3n) is 11.8. The number of ketones is 2. The van der Waals surface area contributed by atoms with Crippen LogP contribution in [0.25, 0.3) is 0 Å². The molecule has 3 saturated carbocycles. The molecule has 1 aromatic heterocycles. The highest BCUT2D eigenvalue weighted by atomic mass is 16.3. The molecule has 0 amide bonds. The smallest absolute Gasteiger partial charge is 0.197 e. The van der Waals surface area contributed by atoms with Gasteiger partial charge < -0.3 is 4.42 Å². The van der Waals surface area contributed by atoms with Crippen LogP contribution in [0.1, 0.15) is 91.4 Å². The molecule has 5 aliphatic carbocycles. The van der Waals surface area contributed by atoms with Crippen molar-refractivity contribution in [3.05, 3.63) is 41.6 Å². The van der Waals surface area contributed by atoms with Gasteiger partial charge in [0.25, 0.3) is 0 Å². The minimum absolute atomic E-state index is 0.0214. The van der Waals surface area contributed by atoms with E-state index in [-0.39, 0.29) is 45.7 Å². The molecular formula is C31H38N2O3. The molecule has 0 aliphatic heterocycles. The van der Waals surface area contributed by atoms with E-state index in [1.54, 1.807) is 12.5 Å². The standard InChI is InChI=1S/C31H38N2O3/c1-28(2)23-8-11-30(4)20-7-10-29(3)9-6-18(27-33-12-13-36-27)14-21(29)25(20)22(34)15-24(30)31(23,5)16-19(17-32)26(28)35/h12-13,15-16,18,20-21,23,25H,6-11,14H2,1-5H3. The molecule has 0 bridgehead atoms. The van der Waals surface area contributed by atoms with Crippen LogP contribution in [0.3, 0.4) is 0 Å². The number of rotatable bonds is 1. The van der Waals surface area contributed by atoms with E-state index in [0.29, 0.717) is 11.8 Å². The Morgan fingerprint density at radius 2 is 1.78 bits per heavy atom. The van der Waals surface area contributed by atoms with Crippen LogP contribution in [0.2, 0.25) is 0 Å². The zero-order valence-electron chi connectivity index (χ0n) is 22.3. The molecule has 36 heavy (non-hydrogen) atoms. The number of nitriles is 1. The fraction of sp³-hybridized carbons (Fsp3) is 0.677. The third kappa shape index (κ3) is 2.96. The first-order valence-electron chi connectivity index (χ1n) is 13.8. The van der Waals surface area contributed by atoms with Crippen molar-refractivity contribution in [1.29, 1.82) is 5.26 Å². The number of allylic oxidation sites excluding steroid dienone is 4. The fourth-order valence-electron chi connectivity index (χ4n) is 9.87. The van der Waals surface area contributed by atoms with Crippen molar-refractivity contribution in [1.82, 2.24) is 4.98 Å². The van der Waals surface area contributed by atoms with Crippen molar-refractivity contribution in [3.63, 3.8) is 0 Å². The lowest BCUT2D eigenvalue weighted by Gasteiger charge is -2.64. The molecule has 1 aromatic rings. The largest absolute Gasteiger partial charge is 0.449 e. The molecule has 5 aliphatic rings. The second kappa shape index (κ2) is 7.53. The summed E-state index contributed by atoms with van der Waals surface area (Å²) in [6, 6.07) is 2.19. The molecule has 0 radical (unpaired) electrons. The molecule has 0 aromatic carbocycles. The summed E-state index contributed by atoms with van der Waals surface area (Å²) in [6.07, 6.45) is 14.6. The number of Topliss-reactive ketones (excluding diaryl/α,β-unsaturated/α-hetero) is 1. The summed E-state index contributed by atoms with van der Waals surface area (Å²) in [5.41, 5.74) is 0.438. The molecule has 6 rings (SSSR count). The number of fused-ring (bicyclic) bond motifs is 7. The number of aromatic nitrogens is 1. The molecule has 0 N–H and O–H groups in total. The van der Waals surface area contributed by atoms with Gasteiger partial charge in [0.1, 0.15) is 12.3 Å². The number of hydrogen-bond donors (Lipinski definition) is 0. The quantitative estimate of drug-likeness (QED) is 0.447. The Morgan fingerprint density at radius 1 is 1.03 bits per heavy atom. The number of oxazole rings is 1. The summed E-state index contributed by atoms with van der Waals surface area (Å²) in [6.45, 7) is 11.0. The maximum absolute atomic E-state index is 14.1. The van der Waals surface area contributed by atoms with E-state index < -0.39 is 10.8 Å². The molecular weight excluding hydrogens is 448 g/mol. The Kier molecular flexibility index (Phi) is 4.99. The number of hydrogen-bond acceptors (Lipinski definition) is 5. The molecule has 3 fully saturated rings. The van der Waals surface area contributed by atoms with Gasteiger partial charge in [0.2, 0.25) is 0 Å². The molecule has 1 heterocycles. The maximum atomic E-state index is 14.1. The van der Waals surface area contributed by atoms with E-state index in [0.717, 1.165) is 50.8 Å². The van der Waals surface area contributed by atoms with Gasteiger partial charge in [-0.15, -0.1) is 0 Å². The highest BCUT2D eigenvalue weighted by molar-refractivity contribution is 6.04. The molecule has 5 heteroatoms. The Labute approximate surface area is 214 Å². The fourth-order valence-corrected chi connectivity index (χ4v) is 9.87. The van der Waals surface area contributed by atoms with Gasteiger partial charge in [0.05, 0.1) is 11.8 Å². The minimum Gasteiger partial charge on any atom is -0.449 e. The van der Waals surface area contributed by atoms with E-state index in [9.17, 15) is 14.9 Å². The van der Waals surface area contributed by atoms with Crippen molar-refractivity contribution in [2.24, 2.45) is 45.3 Å². The lowest BCUT2D eigenvalue weighted by molar-refractivity contribution is -0.143. The SMILES string of the molecule is CC12CCC(c3ncco3)CC1C1C(=O)C=C3C4(C)C=C(C#N)C(=O)C(C)(C)C4CCC3(C)C1CC2. The first kappa shape index (κ1) is 23.9. The Morgan fingerprint density at radius 3 is 2.47 bits per heavy atom. The van der Waals surface area contributed by atoms with E-state index in [1.165, 1.54) is 5.57 Å². The van der Waals surface area contributed by atoms with Crippen molar-refractivity contribution < 1.29 is 14.0 Å². The Bertz CT molecular complexity index is 1230. The molecule has 8 unspecified atom stereocenters. The van der Waals surface area contributed by atoms with E-state index >= 15 is 0 Å². The lowest BCUT2D eigenvalue weighted by Crippen LogP contribution is -2.60. The number of carbonyl (C=O) groups excluding carboxylic acids is 2. The second-order valence-corrected chi connectivity index (χ2v) is 13.7. The first-order chi connectivity index (χ1) is 17.0. The van der Waals surface area contributed by atoms with Crippen LogP contribution in [0.4, 0.5) is 0 Å². The van der Waals surface area contributed by atoms with Gasteiger partial charge in [0.15, 0.2) is 17.5 Å². The van der Waals surface area contributed by atoms with Gasteiger partial charge in [-0.25, -0.2) is 4.98 Å². The Hall–Kier alpha value is -2.48. The van der Waals surface area contributed by atoms with Gasteiger partial charge in [-0.3, -0.25) is 9.59 Å². The van der Waals surface area contributed by atoms with Crippen LogP contribution in [-0.2, 0) is 9.59 Å². The molecule has 0 saturated heterocycles. The molecule has 5 nitrogen and oxygen atoms in total. The van der Waals surface area contributed by atoms with Gasteiger partial charge in [0, 0.05) is 22.7 Å². The normalized spacial score (nSPS) is 45.3. The van der Waals surface area contributed by atoms with E-state index in [2.05, 4.69) is 31.8 Å². The summed E-state index contributed by atoms with van der Waals surface area (Å²) in [5, 5.41) is 9.82. The third-order valence-corrected chi connectivity index (χ3v) is 11.8. The van der Waals surface area contributed by atoms with Crippen LogP contribution >= 0.6 is 0 Å². The zero-order chi connectivity index (χ0) is 25.7. The summed E-state index contributed by atoms with van der Waals surface area (Å²) >= 11 is 0. The minimum atomic E-state index is -0.617. The zero-order valence-corrected chi connectivity index (χ0v) is 22.3. The molecule has 0 spiro atoms. The van der Waals surface area contributed by atoms with Crippen molar-refractivity contribution in [2.45, 2.75) is 85.5 Å². The number of nitrogens with zero attached hydrogens (tertiary/aromatic N) is 2. The van der Waals surface area contributed by atoms with Crippen LogP contribution in [0.5, 0.6) is 0 Å². The molecule has 190 valence electrons. The monoisotopic (exact) mass is 486 g/mol. The van der Waals surface area contributed by atoms with Gasteiger partial charge in [-0.1, -0.05) is 46.3 Å². The second-order valence-electron chi connectivity index (χ2n) is 13.7. The lowest BCUT2D eigenvalue weighted by atomic mass is 9.39. The average molecular weight is 487 g/mol. The molecule has 8 atom stereocenters. The van der Waals surface area contributed by atoms with Crippen LogP contribution < -0.4 is 0 Å². The topological polar surface area (TPSA) is 84.0 Å². The Balaban J connectivity index is 1.44. The summed E-state index contributed by atoms with van der Waals surface area (Å²) in [4.78, 5) is 31.7. The summed E-state index contributed by atoms with van der Waals surface area (Å²) in [5.74, 6) is 2.05. The average Bonchev–Trinajstić information content (AvgIpc) is 3.37. The van der Waals surface area contributed by atoms with Crippen LogP contribution in [0.15, 0.2) is 40.2 Å². The highest BCUT2D eigenvalue weighted by Gasteiger charge is 2.64. The van der Waals surface area contributed by atoms with Crippen molar-refractivity contribution in [3.8, 4) is 6.07 Å². The van der Waals surface area contributed by atoms with Gasteiger partial charge in [-0.05, 0) is 79.6 Å². The summed E-state index contributed by atoms with van der Waals surface area (Å²) < 4.78 is 5.71. The van der Waals surface area contributed by atoms with Crippen molar-refractivity contribution in [2.75, 3.05) is 0 Å².